The zero-order valence-corrected chi connectivity index (χ0v) is 18.1. The van der Waals surface area contributed by atoms with E-state index in [-0.39, 0.29) is 23.8 Å². The van der Waals surface area contributed by atoms with Gasteiger partial charge in [0.2, 0.25) is 0 Å². The molecule has 5 heteroatoms. The van der Waals surface area contributed by atoms with Crippen LogP contribution in [0, 0.1) is 17.3 Å². The molecule has 2 aliphatic carbocycles. The quantitative estimate of drug-likeness (QED) is 0.590. The molecular weight excluding hydrogens is 380 g/mol. The lowest BCUT2D eigenvalue weighted by Gasteiger charge is -2.53. The first-order valence-corrected chi connectivity index (χ1v) is 11.7. The third-order valence-electron chi connectivity index (χ3n) is 8.01. The van der Waals surface area contributed by atoms with Gasteiger partial charge in [-0.1, -0.05) is 12.1 Å². The number of benzene rings is 1. The number of ether oxygens (including phenoxy) is 4. The average molecular weight is 415 g/mol. The van der Waals surface area contributed by atoms with Crippen molar-refractivity contribution >= 4 is 5.97 Å². The van der Waals surface area contributed by atoms with Crippen LogP contribution >= 0.6 is 0 Å². The molecule has 0 spiro atoms. The summed E-state index contributed by atoms with van der Waals surface area (Å²) in [5, 5.41) is 0. The van der Waals surface area contributed by atoms with Gasteiger partial charge in [-0.2, -0.15) is 0 Å². The first-order valence-electron chi connectivity index (χ1n) is 11.7. The Kier molecular flexibility index (Phi) is 5.53. The van der Waals surface area contributed by atoms with Gasteiger partial charge in [0.15, 0.2) is 6.29 Å². The number of esters is 1. The number of rotatable bonds is 7. The fourth-order valence-corrected chi connectivity index (χ4v) is 5.77. The van der Waals surface area contributed by atoms with Crippen molar-refractivity contribution in [2.75, 3.05) is 20.3 Å². The van der Waals surface area contributed by atoms with Gasteiger partial charge < -0.3 is 18.9 Å². The molecule has 30 heavy (non-hydrogen) atoms. The van der Waals surface area contributed by atoms with E-state index in [9.17, 15) is 4.79 Å². The van der Waals surface area contributed by atoms with Crippen molar-refractivity contribution in [2.45, 2.75) is 76.1 Å². The second-order valence-corrected chi connectivity index (χ2v) is 9.89. The normalized spacial score (nSPS) is 37.6. The molecule has 164 valence electrons. The molecule has 0 amide bonds. The molecule has 3 atom stereocenters. The van der Waals surface area contributed by atoms with E-state index in [2.05, 4.69) is 18.2 Å². The number of hydrogen-bond donors (Lipinski definition) is 0. The molecule has 5 nitrogen and oxygen atoms in total. The maximum absolute atomic E-state index is 11.7. The average Bonchev–Trinajstić information content (AvgIpc) is 3.59. The van der Waals surface area contributed by atoms with Gasteiger partial charge in [-0.25, -0.2) is 0 Å². The van der Waals surface area contributed by atoms with Crippen molar-refractivity contribution in [1.82, 2.24) is 0 Å². The van der Waals surface area contributed by atoms with Gasteiger partial charge >= 0.3 is 5.97 Å². The third kappa shape index (κ3) is 3.99. The van der Waals surface area contributed by atoms with Crippen molar-refractivity contribution < 1.29 is 23.7 Å². The summed E-state index contributed by atoms with van der Waals surface area (Å²) in [4.78, 5) is 11.7. The summed E-state index contributed by atoms with van der Waals surface area (Å²) in [7, 11) is 1.49. The standard InChI is InChI=1S/C25H34O5/c1-27-23(26)21-15-18(21)8-9-24-10-12-25(13-11-24,29-17-24)19-5-4-6-20(16-19)30-22-7-2-3-14-28-22/h4-6,16,18,21-22H,2-3,7-15,17H2,1H3. The Morgan fingerprint density at radius 1 is 1.20 bits per heavy atom. The summed E-state index contributed by atoms with van der Waals surface area (Å²) in [6.07, 6.45) is 11.0. The molecule has 2 bridgehead atoms. The lowest BCUT2D eigenvalue weighted by molar-refractivity contribution is -0.192. The Hall–Kier alpha value is -1.59. The van der Waals surface area contributed by atoms with E-state index >= 15 is 0 Å². The van der Waals surface area contributed by atoms with Crippen molar-refractivity contribution in [3.63, 3.8) is 0 Å². The molecule has 1 aromatic carbocycles. The maximum Gasteiger partial charge on any atom is 0.308 e. The molecule has 6 rings (SSSR count). The number of carbonyl (C=O) groups is 1. The second kappa shape index (κ2) is 8.16. The Morgan fingerprint density at radius 3 is 2.77 bits per heavy atom. The van der Waals surface area contributed by atoms with E-state index in [1.54, 1.807) is 0 Å². The van der Waals surface area contributed by atoms with Crippen LogP contribution in [-0.4, -0.2) is 32.6 Å². The van der Waals surface area contributed by atoms with Crippen LogP contribution in [0.3, 0.4) is 0 Å². The summed E-state index contributed by atoms with van der Waals surface area (Å²) >= 11 is 0. The topological polar surface area (TPSA) is 54.0 Å². The summed E-state index contributed by atoms with van der Waals surface area (Å²) in [5.41, 5.74) is 1.38. The fourth-order valence-electron chi connectivity index (χ4n) is 5.77. The van der Waals surface area contributed by atoms with Crippen LogP contribution in [0.2, 0.25) is 0 Å². The fraction of sp³-hybridized carbons (Fsp3) is 0.720. The molecule has 5 fully saturated rings. The van der Waals surface area contributed by atoms with Crippen molar-refractivity contribution in [2.24, 2.45) is 17.3 Å². The van der Waals surface area contributed by atoms with Crippen LogP contribution in [-0.2, 0) is 24.6 Å². The molecule has 3 unspecified atom stereocenters. The molecule has 0 N–H and O–H groups in total. The molecule has 0 aromatic heterocycles. The van der Waals surface area contributed by atoms with E-state index in [4.69, 9.17) is 18.9 Å². The predicted molar refractivity (Wildman–Crippen MR) is 112 cm³/mol. The van der Waals surface area contributed by atoms with Crippen LogP contribution in [0.25, 0.3) is 0 Å². The van der Waals surface area contributed by atoms with Gasteiger partial charge in [0, 0.05) is 6.42 Å². The first kappa shape index (κ1) is 20.3. The van der Waals surface area contributed by atoms with Gasteiger partial charge in [-0.15, -0.1) is 0 Å². The minimum absolute atomic E-state index is 0.0271. The van der Waals surface area contributed by atoms with E-state index in [1.165, 1.54) is 38.4 Å². The highest BCUT2D eigenvalue weighted by atomic mass is 16.7. The highest BCUT2D eigenvalue weighted by Crippen LogP contribution is 2.57. The minimum atomic E-state index is -0.164. The van der Waals surface area contributed by atoms with Gasteiger partial charge in [0.25, 0.3) is 0 Å². The zero-order valence-electron chi connectivity index (χ0n) is 18.1. The van der Waals surface area contributed by atoms with Gasteiger partial charge in [0.05, 0.1) is 31.8 Å². The van der Waals surface area contributed by atoms with Crippen LogP contribution in [0.5, 0.6) is 5.75 Å². The third-order valence-corrected chi connectivity index (χ3v) is 8.01. The Labute approximate surface area is 179 Å². The molecule has 3 saturated heterocycles. The Balaban J connectivity index is 1.18. The smallest absolute Gasteiger partial charge is 0.308 e. The summed E-state index contributed by atoms with van der Waals surface area (Å²) in [6, 6.07) is 8.48. The molecule has 3 aliphatic heterocycles. The minimum Gasteiger partial charge on any atom is -0.469 e. The molecule has 2 saturated carbocycles. The van der Waals surface area contributed by atoms with Crippen molar-refractivity contribution in [3.05, 3.63) is 29.8 Å². The lowest BCUT2D eigenvalue weighted by atomic mass is 9.62. The zero-order chi connectivity index (χ0) is 20.6. The molecular formula is C25H34O5. The van der Waals surface area contributed by atoms with E-state index in [0.717, 1.165) is 57.5 Å². The van der Waals surface area contributed by atoms with Gasteiger partial charge in [0.1, 0.15) is 5.75 Å². The summed E-state index contributed by atoms with van der Waals surface area (Å²) in [6.45, 7) is 1.63. The number of hydrogen-bond acceptors (Lipinski definition) is 5. The van der Waals surface area contributed by atoms with Crippen LogP contribution < -0.4 is 4.74 Å². The second-order valence-electron chi connectivity index (χ2n) is 9.89. The molecule has 5 aliphatic rings. The highest BCUT2D eigenvalue weighted by Gasteiger charge is 2.52. The lowest BCUT2D eigenvalue weighted by Crippen LogP contribution is -2.49. The highest BCUT2D eigenvalue weighted by molar-refractivity contribution is 5.75. The Bertz CT molecular complexity index is 744. The predicted octanol–water partition coefficient (Wildman–Crippen LogP) is 4.97. The number of carbonyl (C=O) groups excluding carboxylic acids is 1. The SMILES string of the molecule is COC(=O)C1CC1CCC12CCC(c3cccc(OC4CCCCO4)c3)(CC1)OC2. The number of methoxy groups -OCH3 is 1. The molecule has 3 heterocycles. The summed E-state index contributed by atoms with van der Waals surface area (Å²) < 4.78 is 23.3. The molecule has 0 radical (unpaired) electrons. The van der Waals surface area contributed by atoms with Gasteiger partial charge in [-0.3, -0.25) is 4.79 Å². The van der Waals surface area contributed by atoms with Crippen LogP contribution in [0.15, 0.2) is 24.3 Å². The maximum atomic E-state index is 11.7. The van der Waals surface area contributed by atoms with Crippen LogP contribution in [0.1, 0.15) is 69.8 Å². The summed E-state index contributed by atoms with van der Waals surface area (Å²) in [5.74, 6) is 1.54. The van der Waals surface area contributed by atoms with Crippen molar-refractivity contribution in [1.29, 1.82) is 0 Å². The first-order chi connectivity index (χ1) is 14.6. The Morgan fingerprint density at radius 2 is 2.07 bits per heavy atom. The van der Waals surface area contributed by atoms with Crippen molar-refractivity contribution in [3.8, 4) is 5.75 Å². The van der Waals surface area contributed by atoms with Crippen LogP contribution in [0.4, 0.5) is 0 Å². The van der Waals surface area contributed by atoms with E-state index in [1.807, 2.05) is 6.07 Å². The molecule has 1 aromatic rings. The largest absolute Gasteiger partial charge is 0.469 e. The van der Waals surface area contributed by atoms with Gasteiger partial charge in [-0.05, 0) is 86.8 Å². The monoisotopic (exact) mass is 414 g/mol. The van der Waals surface area contributed by atoms with E-state index in [0.29, 0.717) is 11.3 Å². The van der Waals surface area contributed by atoms with E-state index < -0.39 is 0 Å². The number of fused-ring (bicyclic) bond motifs is 3.